The summed E-state index contributed by atoms with van der Waals surface area (Å²) in [4.78, 5) is 34.8. The molecule has 1 atom stereocenters. The van der Waals surface area contributed by atoms with Crippen LogP contribution < -0.4 is 5.32 Å². The van der Waals surface area contributed by atoms with Gasteiger partial charge in [0.2, 0.25) is 5.28 Å². The molecule has 2 heterocycles. The number of hydrogen-bond acceptors (Lipinski definition) is 7. The van der Waals surface area contributed by atoms with Gasteiger partial charge in [-0.2, -0.15) is 0 Å². The van der Waals surface area contributed by atoms with Crippen LogP contribution in [0, 0.1) is 0 Å². The van der Waals surface area contributed by atoms with Gasteiger partial charge < -0.3 is 10.1 Å². The molecule has 30 heavy (non-hydrogen) atoms. The van der Waals surface area contributed by atoms with E-state index in [9.17, 15) is 18.0 Å². The van der Waals surface area contributed by atoms with E-state index >= 15 is 0 Å². The molecule has 0 bridgehead atoms. The first-order valence-corrected chi connectivity index (χ1v) is 11.2. The van der Waals surface area contributed by atoms with E-state index in [2.05, 4.69) is 15.3 Å². The summed E-state index contributed by atoms with van der Waals surface area (Å²) in [7, 11) is -3.45. The maximum absolute atomic E-state index is 13.1. The van der Waals surface area contributed by atoms with Gasteiger partial charge in [0.1, 0.15) is 11.6 Å². The van der Waals surface area contributed by atoms with Gasteiger partial charge in [0, 0.05) is 6.26 Å². The predicted octanol–water partition coefficient (Wildman–Crippen LogP) is 2.96. The van der Waals surface area contributed by atoms with Crippen LogP contribution in [0.1, 0.15) is 37.9 Å². The number of ether oxygens (including phenoxy) is 1. The average Bonchev–Trinajstić information content (AvgIpc) is 3.00. The average molecular weight is 453 g/mol. The van der Waals surface area contributed by atoms with Crippen molar-refractivity contribution in [3.05, 3.63) is 47.0 Å². The Bertz CT molecular complexity index is 1100. The third kappa shape index (κ3) is 4.88. The van der Waals surface area contributed by atoms with Crippen molar-refractivity contribution in [2.45, 2.75) is 43.9 Å². The van der Waals surface area contributed by atoms with E-state index in [-0.39, 0.29) is 16.7 Å². The predicted molar refractivity (Wildman–Crippen MR) is 110 cm³/mol. The molecule has 160 valence electrons. The van der Waals surface area contributed by atoms with Gasteiger partial charge in [0.15, 0.2) is 9.84 Å². The van der Waals surface area contributed by atoms with Crippen LogP contribution in [-0.2, 0) is 25.9 Å². The molecule has 0 unspecified atom stereocenters. The number of carbonyl (C=O) groups excluding carboxylic acids is 2. The molecular weight excluding hydrogens is 432 g/mol. The van der Waals surface area contributed by atoms with Crippen molar-refractivity contribution in [2.75, 3.05) is 11.6 Å². The fraction of sp³-hybridized carbons (Fsp3) is 0.368. The van der Waals surface area contributed by atoms with Crippen molar-refractivity contribution < 1.29 is 22.7 Å². The van der Waals surface area contributed by atoms with Crippen LogP contribution in [0.3, 0.4) is 0 Å². The molecule has 9 nitrogen and oxygen atoms in total. The van der Waals surface area contributed by atoms with E-state index in [1.165, 1.54) is 29.4 Å². The first-order chi connectivity index (χ1) is 13.8. The summed E-state index contributed by atoms with van der Waals surface area (Å²) in [5.74, 6) is -0.516. The van der Waals surface area contributed by atoms with Crippen LogP contribution in [0.2, 0.25) is 5.28 Å². The number of aromatic nitrogens is 2. The van der Waals surface area contributed by atoms with Crippen LogP contribution in [0.4, 0.5) is 10.5 Å². The van der Waals surface area contributed by atoms with Crippen molar-refractivity contribution >= 4 is 39.1 Å². The molecule has 2 amide bonds. The lowest BCUT2D eigenvalue weighted by Gasteiger charge is -2.28. The summed E-state index contributed by atoms with van der Waals surface area (Å²) in [6, 6.07) is 3.41. The SMILES string of the molecule is CC(C)(C)OC(=O)N1Cc2cc(S(C)(=O)=O)ccc2[C@@H]1C(=O)Nc1cnc(Cl)nc1. The van der Waals surface area contributed by atoms with E-state index in [1.807, 2.05) is 0 Å². The Morgan fingerprint density at radius 3 is 2.43 bits per heavy atom. The Morgan fingerprint density at radius 1 is 1.23 bits per heavy atom. The van der Waals surface area contributed by atoms with Crippen LogP contribution in [0.15, 0.2) is 35.5 Å². The van der Waals surface area contributed by atoms with Crippen LogP contribution in [0.25, 0.3) is 0 Å². The number of hydrogen-bond donors (Lipinski definition) is 1. The highest BCUT2D eigenvalue weighted by atomic mass is 35.5. The molecule has 1 aromatic carbocycles. The molecule has 3 rings (SSSR count). The summed E-state index contributed by atoms with van der Waals surface area (Å²) in [6.45, 7) is 5.19. The van der Waals surface area contributed by atoms with Crippen molar-refractivity contribution in [1.29, 1.82) is 0 Å². The minimum absolute atomic E-state index is 0.0305. The standard InChI is InChI=1S/C19H21ClN4O5S/c1-19(2,3)29-18(26)24-10-11-7-13(30(4,27)28)5-6-14(11)15(24)16(25)23-12-8-21-17(20)22-9-12/h5-9,15H,10H2,1-4H3,(H,23,25)/t15-/m1/s1. The van der Waals surface area contributed by atoms with E-state index in [1.54, 1.807) is 26.8 Å². The van der Waals surface area contributed by atoms with E-state index in [4.69, 9.17) is 16.3 Å². The van der Waals surface area contributed by atoms with E-state index in [0.29, 0.717) is 16.8 Å². The second kappa shape index (κ2) is 7.84. The number of sulfone groups is 1. The fourth-order valence-electron chi connectivity index (χ4n) is 3.02. The molecule has 0 saturated carbocycles. The Morgan fingerprint density at radius 2 is 1.87 bits per heavy atom. The second-order valence-corrected chi connectivity index (χ2v) is 10.2. The Balaban J connectivity index is 1.97. The molecule has 0 spiro atoms. The highest BCUT2D eigenvalue weighted by Crippen LogP contribution is 2.37. The number of amides is 2. The van der Waals surface area contributed by atoms with Crippen LogP contribution in [-0.4, -0.2) is 47.1 Å². The van der Waals surface area contributed by atoms with Crippen molar-refractivity contribution in [2.24, 2.45) is 0 Å². The molecule has 2 aromatic rings. The molecule has 1 aliphatic heterocycles. The van der Waals surface area contributed by atoms with Gasteiger partial charge >= 0.3 is 6.09 Å². The first kappa shape index (κ1) is 22.0. The molecule has 1 aliphatic rings. The van der Waals surface area contributed by atoms with Gasteiger partial charge in [-0.25, -0.2) is 23.2 Å². The summed E-state index contributed by atoms with van der Waals surface area (Å²) in [5.41, 5.74) is 0.598. The quantitative estimate of drug-likeness (QED) is 0.711. The van der Waals surface area contributed by atoms with E-state index < -0.39 is 33.5 Å². The Hall–Kier alpha value is -2.72. The minimum atomic E-state index is -3.45. The third-order valence-corrected chi connectivity index (χ3v) is 5.56. The van der Waals surface area contributed by atoms with Gasteiger partial charge in [-0.05, 0) is 55.6 Å². The number of carbonyl (C=O) groups is 2. The smallest absolute Gasteiger partial charge is 0.411 e. The molecule has 1 N–H and O–H groups in total. The molecule has 11 heteroatoms. The van der Waals surface area contributed by atoms with Gasteiger partial charge in [-0.1, -0.05) is 6.07 Å². The largest absolute Gasteiger partial charge is 0.444 e. The highest BCUT2D eigenvalue weighted by Gasteiger charge is 2.41. The molecule has 0 saturated heterocycles. The fourth-order valence-corrected chi connectivity index (χ4v) is 3.79. The third-order valence-electron chi connectivity index (χ3n) is 4.25. The molecular formula is C19H21ClN4O5S. The second-order valence-electron chi connectivity index (χ2n) is 7.87. The topological polar surface area (TPSA) is 119 Å². The molecule has 0 fully saturated rings. The van der Waals surface area contributed by atoms with Crippen LogP contribution in [0.5, 0.6) is 0 Å². The molecule has 0 radical (unpaired) electrons. The Labute approximate surface area is 179 Å². The summed E-state index contributed by atoms with van der Waals surface area (Å²) in [6.07, 6.45) is 3.09. The van der Waals surface area contributed by atoms with Gasteiger partial charge in [0.05, 0.1) is 29.5 Å². The van der Waals surface area contributed by atoms with Gasteiger partial charge in [-0.3, -0.25) is 9.69 Å². The molecule has 0 aliphatic carbocycles. The number of fused-ring (bicyclic) bond motifs is 1. The maximum Gasteiger partial charge on any atom is 0.411 e. The zero-order valence-corrected chi connectivity index (χ0v) is 18.4. The number of nitrogens with zero attached hydrogens (tertiary/aromatic N) is 3. The lowest BCUT2D eigenvalue weighted by molar-refractivity contribution is -0.121. The number of rotatable bonds is 3. The number of nitrogens with one attached hydrogen (secondary N) is 1. The lowest BCUT2D eigenvalue weighted by atomic mass is 10.0. The van der Waals surface area contributed by atoms with E-state index in [0.717, 1.165) is 6.26 Å². The zero-order chi connectivity index (χ0) is 22.3. The number of halogens is 1. The van der Waals surface area contributed by atoms with Crippen molar-refractivity contribution in [1.82, 2.24) is 14.9 Å². The van der Waals surface area contributed by atoms with Crippen LogP contribution >= 0.6 is 11.6 Å². The normalized spacial score (nSPS) is 16.2. The van der Waals surface area contributed by atoms with Crippen molar-refractivity contribution in [3.63, 3.8) is 0 Å². The summed E-state index contributed by atoms with van der Waals surface area (Å²) in [5, 5.41) is 2.68. The Kier molecular flexibility index (Phi) is 5.74. The minimum Gasteiger partial charge on any atom is -0.444 e. The highest BCUT2D eigenvalue weighted by molar-refractivity contribution is 7.90. The summed E-state index contributed by atoms with van der Waals surface area (Å²) < 4.78 is 29.3. The number of benzene rings is 1. The van der Waals surface area contributed by atoms with Crippen molar-refractivity contribution in [3.8, 4) is 0 Å². The van der Waals surface area contributed by atoms with Gasteiger partial charge in [-0.15, -0.1) is 0 Å². The summed E-state index contributed by atoms with van der Waals surface area (Å²) >= 11 is 5.67. The monoisotopic (exact) mass is 452 g/mol. The zero-order valence-electron chi connectivity index (χ0n) is 16.8. The maximum atomic E-state index is 13.1. The number of anilines is 1. The first-order valence-electron chi connectivity index (χ1n) is 8.96. The molecule has 1 aromatic heterocycles. The van der Waals surface area contributed by atoms with Gasteiger partial charge in [0.25, 0.3) is 5.91 Å². The lowest BCUT2D eigenvalue weighted by Crippen LogP contribution is -2.40.